The SMILES string of the molecule is COc1cc(C2CC2)n[nH]1. The molecule has 2 rings (SSSR count). The van der Waals surface area contributed by atoms with E-state index in [0.717, 1.165) is 11.6 Å². The van der Waals surface area contributed by atoms with Gasteiger partial charge in [-0.15, -0.1) is 0 Å². The Morgan fingerprint density at radius 2 is 2.50 bits per heavy atom. The lowest BCUT2D eigenvalue weighted by Crippen LogP contribution is -1.79. The van der Waals surface area contributed by atoms with Crippen molar-refractivity contribution in [1.29, 1.82) is 0 Å². The molecule has 0 aromatic carbocycles. The third-order valence-corrected chi connectivity index (χ3v) is 1.79. The molecule has 1 saturated carbocycles. The first-order valence-electron chi connectivity index (χ1n) is 3.49. The molecule has 0 unspecified atom stereocenters. The minimum Gasteiger partial charge on any atom is -0.481 e. The van der Waals surface area contributed by atoms with Crippen molar-refractivity contribution in [2.24, 2.45) is 0 Å². The van der Waals surface area contributed by atoms with E-state index in [2.05, 4.69) is 10.2 Å². The molecule has 1 aliphatic rings. The molecule has 1 heterocycles. The van der Waals surface area contributed by atoms with Crippen LogP contribution in [0.2, 0.25) is 0 Å². The molecule has 1 aliphatic carbocycles. The number of hydrogen-bond acceptors (Lipinski definition) is 2. The van der Waals surface area contributed by atoms with E-state index < -0.39 is 0 Å². The van der Waals surface area contributed by atoms with Gasteiger partial charge in [0.15, 0.2) is 0 Å². The van der Waals surface area contributed by atoms with Crippen molar-refractivity contribution in [1.82, 2.24) is 10.2 Å². The quantitative estimate of drug-likeness (QED) is 0.668. The lowest BCUT2D eigenvalue weighted by atomic mass is 10.3. The lowest BCUT2D eigenvalue weighted by molar-refractivity contribution is 0.397. The van der Waals surface area contributed by atoms with E-state index in [0.29, 0.717) is 5.92 Å². The number of H-pyrrole nitrogens is 1. The second kappa shape index (κ2) is 2.01. The van der Waals surface area contributed by atoms with E-state index in [9.17, 15) is 0 Å². The van der Waals surface area contributed by atoms with Crippen LogP contribution in [-0.4, -0.2) is 17.3 Å². The summed E-state index contributed by atoms with van der Waals surface area (Å²) in [7, 11) is 1.64. The molecule has 10 heavy (non-hydrogen) atoms. The summed E-state index contributed by atoms with van der Waals surface area (Å²) in [4.78, 5) is 0. The molecule has 0 atom stereocenters. The molecule has 1 fully saturated rings. The average Bonchev–Trinajstić information content (AvgIpc) is 2.70. The molecule has 0 aliphatic heterocycles. The summed E-state index contributed by atoms with van der Waals surface area (Å²) in [6.45, 7) is 0. The number of aromatic amines is 1. The smallest absolute Gasteiger partial charge is 0.209 e. The van der Waals surface area contributed by atoms with Gasteiger partial charge in [0.05, 0.1) is 12.8 Å². The van der Waals surface area contributed by atoms with Gasteiger partial charge in [0, 0.05) is 12.0 Å². The van der Waals surface area contributed by atoms with Crippen LogP contribution in [0.3, 0.4) is 0 Å². The Bertz CT molecular complexity index is 227. The molecule has 54 valence electrons. The fraction of sp³-hybridized carbons (Fsp3) is 0.571. The van der Waals surface area contributed by atoms with Gasteiger partial charge < -0.3 is 4.74 Å². The van der Waals surface area contributed by atoms with Gasteiger partial charge >= 0.3 is 0 Å². The largest absolute Gasteiger partial charge is 0.481 e. The van der Waals surface area contributed by atoms with Crippen molar-refractivity contribution in [2.45, 2.75) is 18.8 Å². The Labute approximate surface area is 59.4 Å². The van der Waals surface area contributed by atoms with Gasteiger partial charge in [-0.05, 0) is 12.8 Å². The van der Waals surface area contributed by atoms with E-state index in [1.165, 1.54) is 12.8 Å². The zero-order chi connectivity index (χ0) is 6.97. The molecule has 3 heteroatoms. The molecular formula is C7H10N2O. The van der Waals surface area contributed by atoms with Gasteiger partial charge in [0.1, 0.15) is 0 Å². The highest BCUT2D eigenvalue weighted by atomic mass is 16.5. The zero-order valence-electron chi connectivity index (χ0n) is 5.92. The Balaban J connectivity index is 2.19. The van der Waals surface area contributed by atoms with Crippen LogP contribution in [-0.2, 0) is 0 Å². The monoisotopic (exact) mass is 138 g/mol. The summed E-state index contributed by atoms with van der Waals surface area (Å²) < 4.78 is 4.95. The fourth-order valence-corrected chi connectivity index (χ4v) is 1.01. The molecular weight excluding hydrogens is 128 g/mol. The van der Waals surface area contributed by atoms with Crippen molar-refractivity contribution in [3.63, 3.8) is 0 Å². The minimum absolute atomic E-state index is 0.708. The first kappa shape index (κ1) is 5.77. The molecule has 3 nitrogen and oxygen atoms in total. The summed E-state index contributed by atoms with van der Waals surface area (Å²) in [5.74, 6) is 1.47. The van der Waals surface area contributed by atoms with Gasteiger partial charge in [-0.25, -0.2) is 5.10 Å². The highest BCUT2D eigenvalue weighted by Crippen LogP contribution is 2.39. The average molecular weight is 138 g/mol. The predicted octanol–water partition coefficient (Wildman–Crippen LogP) is 1.30. The van der Waals surface area contributed by atoms with Crippen molar-refractivity contribution in [3.05, 3.63) is 11.8 Å². The maximum Gasteiger partial charge on any atom is 0.209 e. The van der Waals surface area contributed by atoms with Crippen LogP contribution < -0.4 is 4.74 Å². The van der Waals surface area contributed by atoms with Crippen LogP contribution in [0.4, 0.5) is 0 Å². The topological polar surface area (TPSA) is 37.9 Å². The molecule has 0 radical (unpaired) electrons. The highest BCUT2D eigenvalue weighted by Gasteiger charge is 2.26. The molecule has 0 saturated heterocycles. The Morgan fingerprint density at radius 1 is 1.70 bits per heavy atom. The van der Waals surface area contributed by atoms with E-state index in [1.54, 1.807) is 7.11 Å². The van der Waals surface area contributed by atoms with Crippen molar-refractivity contribution in [3.8, 4) is 5.88 Å². The number of nitrogens with one attached hydrogen (secondary N) is 1. The van der Waals surface area contributed by atoms with Gasteiger partial charge in [-0.2, -0.15) is 5.10 Å². The van der Waals surface area contributed by atoms with Crippen LogP contribution in [0.5, 0.6) is 5.88 Å². The molecule has 1 N–H and O–H groups in total. The summed E-state index contributed by atoms with van der Waals surface area (Å²) in [6.07, 6.45) is 2.57. The lowest BCUT2D eigenvalue weighted by Gasteiger charge is -1.87. The Morgan fingerprint density at radius 3 is 3.00 bits per heavy atom. The zero-order valence-corrected chi connectivity index (χ0v) is 5.92. The summed E-state index contributed by atoms with van der Waals surface area (Å²) >= 11 is 0. The molecule has 1 aromatic heterocycles. The maximum atomic E-state index is 4.95. The van der Waals surface area contributed by atoms with Gasteiger partial charge in [-0.3, -0.25) is 0 Å². The van der Waals surface area contributed by atoms with Crippen LogP contribution >= 0.6 is 0 Å². The number of hydrogen-bond donors (Lipinski definition) is 1. The minimum atomic E-state index is 0.708. The maximum absolute atomic E-state index is 4.95. The van der Waals surface area contributed by atoms with Crippen molar-refractivity contribution < 1.29 is 4.74 Å². The standard InChI is InChI=1S/C7H10N2O/c1-10-7-4-6(8-9-7)5-2-3-5/h4-5H,2-3H2,1H3,(H,8,9). The summed E-state index contributed by atoms with van der Waals surface area (Å²) in [5.41, 5.74) is 1.15. The number of methoxy groups -OCH3 is 1. The normalized spacial score (nSPS) is 17.3. The number of nitrogens with zero attached hydrogens (tertiary/aromatic N) is 1. The Hall–Kier alpha value is -0.990. The first-order valence-corrected chi connectivity index (χ1v) is 3.49. The number of ether oxygens (including phenoxy) is 1. The highest BCUT2D eigenvalue weighted by molar-refractivity contribution is 5.20. The van der Waals surface area contributed by atoms with Gasteiger partial charge in [0.25, 0.3) is 0 Å². The third kappa shape index (κ3) is 0.875. The van der Waals surface area contributed by atoms with Crippen LogP contribution in [0, 0.1) is 0 Å². The van der Waals surface area contributed by atoms with Gasteiger partial charge in [0.2, 0.25) is 5.88 Å². The predicted molar refractivity (Wildman–Crippen MR) is 37.1 cm³/mol. The van der Waals surface area contributed by atoms with E-state index in [4.69, 9.17) is 4.74 Å². The number of aromatic nitrogens is 2. The third-order valence-electron chi connectivity index (χ3n) is 1.79. The summed E-state index contributed by atoms with van der Waals surface area (Å²) in [5, 5.41) is 6.90. The van der Waals surface area contributed by atoms with Crippen LogP contribution in [0.25, 0.3) is 0 Å². The molecule has 0 amide bonds. The summed E-state index contributed by atoms with van der Waals surface area (Å²) in [6, 6.07) is 1.97. The number of rotatable bonds is 2. The van der Waals surface area contributed by atoms with Gasteiger partial charge in [-0.1, -0.05) is 0 Å². The van der Waals surface area contributed by atoms with Crippen molar-refractivity contribution >= 4 is 0 Å². The molecule has 1 aromatic rings. The van der Waals surface area contributed by atoms with E-state index >= 15 is 0 Å². The second-order valence-electron chi connectivity index (χ2n) is 2.64. The van der Waals surface area contributed by atoms with Crippen molar-refractivity contribution in [2.75, 3.05) is 7.11 Å². The fourth-order valence-electron chi connectivity index (χ4n) is 1.01. The Kier molecular flexibility index (Phi) is 1.16. The first-order chi connectivity index (χ1) is 4.90. The van der Waals surface area contributed by atoms with E-state index in [-0.39, 0.29) is 0 Å². The second-order valence-corrected chi connectivity index (χ2v) is 2.64. The molecule has 0 spiro atoms. The van der Waals surface area contributed by atoms with Crippen LogP contribution in [0.1, 0.15) is 24.5 Å². The molecule has 0 bridgehead atoms. The van der Waals surface area contributed by atoms with Crippen LogP contribution in [0.15, 0.2) is 6.07 Å². The van der Waals surface area contributed by atoms with E-state index in [1.807, 2.05) is 6.07 Å².